The van der Waals surface area contributed by atoms with Crippen molar-refractivity contribution in [1.29, 1.82) is 0 Å². The zero-order valence-electron chi connectivity index (χ0n) is 9.63. The average Bonchev–Trinajstić information content (AvgIpc) is 2.36. The second kappa shape index (κ2) is 5.38. The fourth-order valence-electron chi connectivity index (χ4n) is 1.88. The average molecular weight is 270 g/mol. The standard InChI is InChI=1S/C13H10F4N2/c14-7-3-1-4-8(15)11(7)13(19-18)12-9(16)5-2-6-10(12)17/h1-6,13,19H,18H2. The van der Waals surface area contributed by atoms with Crippen molar-refractivity contribution in [2.75, 3.05) is 0 Å². The molecule has 2 nitrogen and oxygen atoms in total. The van der Waals surface area contributed by atoms with Gasteiger partial charge in [0.25, 0.3) is 0 Å². The van der Waals surface area contributed by atoms with E-state index in [1.165, 1.54) is 0 Å². The first-order valence-electron chi connectivity index (χ1n) is 5.40. The van der Waals surface area contributed by atoms with E-state index in [1.54, 1.807) is 0 Å². The highest BCUT2D eigenvalue weighted by atomic mass is 19.1. The van der Waals surface area contributed by atoms with Gasteiger partial charge in [-0.2, -0.15) is 0 Å². The maximum Gasteiger partial charge on any atom is 0.131 e. The molecule has 0 amide bonds. The minimum atomic E-state index is -1.46. The van der Waals surface area contributed by atoms with Gasteiger partial charge in [0.1, 0.15) is 23.3 Å². The number of benzene rings is 2. The highest BCUT2D eigenvalue weighted by Gasteiger charge is 2.26. The number of hydrogen-bond acceptors (Lipinski definition) is 2. The molecule has 0 fully saturated rings. The lowest BCUT2D eigenvalue weighted by atomic mass is 9.97. The van der Waals surface area contributed by atoms with Crippen LogP contribution in [0.2, 0.25) is 0 Å². The molecule has 0 saturated carbocycles. The van der Waals surface area contributed by atoms with E-state index < -0.39 is 40.4 Å². The van der Waals surface area contributed by atoms with E-state index in [4.69, 9.17) is 5.84 Å². The van der Waals surface area contributed by atoms with Crippen LogP contribution in [0, 0.1) is 23.3 Å². The molecule has 0 heterocycles. The molecular weight excluding hydrogens is 260 g/mol. The summed E-state index contributed by atoms with van der Waals surface area (Å²) in [7, 11) is 0. The molecule has 0 bridgehead atoms. The number of hydrazine groups is 1. The van der Waals surface area contributed by atoms with Gasteiger partial charge in [-0.3, -0.25) is 5.84 Å². The first-order valence-corrected chi connectivity index (χ1v) is 5.40. The first-order chi connectivity index (χ1) is 9.06. The van der Waals surface area contributed by atoms with Gasteiger partial charge in [-0.15, -0.1) is 0 Å². The Labute approximate surface area is 106 Å². The van der Waals surface area contributed by atoms with Crippen molar-refractivity contribution in [2.45, 2.75) is 6.04 Å². The largest absolute Gasteiger partial charge is 0.271 e. The molecule has 0 spiro atoms. The van der Waals surface area contributed by atoms with Crippen LogP contribution in [-0.2, 0) is 0 Å². The summed E-state index contributed by atoms with van der Waals surface area (Å²) < 4.78 is 54.6. The third-order valence-corrected chi connectivity index (χ3v) is 2.74. The maximum absolute atomic E-state index is 13.7. The number of halogens is 4. The van der Waals surface area contributed by atoms with Crippen molar-refractivity contribution in [3.63, 3.8) is 0 Å². The van der Waals surface area contributed by atoms with Gasteiger partial charge >= 0.3 is 0 Å². The van der Waals surface area contributed by atoms with E-state index >= 15 is 0 Å². The Morgan fingerprint density at radius 2 is 1.05 bits per heavy atom. The minimum absolute atomic E-state index is 0.533. The van der Waals surface area contributed by atoms with Crippen molar-refractivity contribution >= 4 is 0 Å². The fourth-order valence-corrected chi connectivity index (χ4v) is 1.88. The molecule has 19 heavy (non-hydrogen) atoms. The third-order valence-electron chi connectivity index (χ3n) is 2.74. The first kappa shape index (κ1) is 13.5. The van der Waals surface area contributed by atoms with E-state index in [-0.39, 0.29) is 0 Å². The summed E-state index contributed by atoms with van der Waals surface area (Å²) in [6, 6.07) is 4.80. The van der Waals surface area contributed by atoms with Gasteiger partial charge in [-0.05, 0) is 24.3 Å². The summed E-state index contributed by atoms with van der Waals surface area (Å²) in [4.78, 5) is 0. The SMILES string of the molecule is NNC(c1c(F)cccc1F)c1c(F)cccc1F. The summed E-state index contributed by atoms with van der Waals surface area (Å²) in [6.07, 6.45) is 0. The molecule has 6 heteroatoms. The normalized spacial score (nSPS) is 11.1. The zero-order valence-corrected chi connectivity index (χ0v) is 9.63. The van der Waals surface area contributed by atoms with Crippen LogP contribution in [0.1, 0.15) is 17.2 Å². The summed E-state index contributed by atoms with van der Waals surface area (Å²) in [5.41, 5.74) is 0.971. The van der Waals surface area contributed by atoms with E-state index in [0.29, 0.717) is 0 Å². The molecule has 0 atom stereocenters. The lowest BCUT2D eigenvalue weighted by molar-refractivity contribution is 0.473. The van der Waals surface area contributed by atoms with Crippen LogP contribution >= 0.6 is 0 Å². The van der Waals surface area contributed by atoms with Gasteiger partial charge in [0.15, 0.2) is 0 Å². The molecule has 0 aliphatic heterocycles. The lowest BCUT2D eigenvalue weighted by Crippen LogP contribution is -2.31. The molecule has 0 aliphatic rings. The van der Waals surface area contributed by atoms with Crippen LogP contribution in [0.3, 0.4) is 0 Å². The number of nitrogens with two attached hydrogens (primary N) is 1. The van der Waals surface area contributed by atoms with Crippen LogP contribution in [0.25, 0.3) is 0 Å². The molecule has 0 unspecified atom stereocenters. The Hall–Kier alpha value is -1.92. The van der Waals surface area contributed by atoms with Crippen molar-refractivity contribution in [3.8, 4) is 0 Å². The Morgan fingerprint density at radius 1 is 0.737 bits per heavy atom. The molecule has 0 saturated heterocycles. The Balaban J connectivity index is 2.64. The number of hydrogen-bond donors (Lipinski definition) is 2. The summed E-state index contributed by atoms with van der Waals surface area (Å²) in [5.74, 6) is 1.44. The minimum Gasteiger partial charge on any atom is -0.271 e. The van der Waals surface area contributed by atoms with E-state index in [0.717, 1.165) is 36.4 Å². The summed E-state index contributed by atoms with van der Waals surface area (Å²) >= 11 is 0. The summed E-state index contributed by atoms with van der Waals surface area (Å²) in [5, 5.41) is 0. The highest BCUT2D eigenvalue weighted by Crippen LogP contribution is 2.29. The van der Waals surface area contributed by atoms with Gasteiger partial charge in [-0.25, -0.2) is 23.0 Å². The van der Waals surface area contributed by atoms with Crippen LogP contribution in [0.15, 0.2) is 36.4 Å². The van der Waals surface area contributed by atoms with Crippen LogP contribution in [-0.4, -0.2) is 0 Å². The predicted octanol–water partition coefficient (Wildman–Crippen LogP) is 2.80. The van der Waals surface area contributed by atoms with Crippen LogP contribution in [0.5, 0.6) is 0 Å². The molecule has 2 rings (SSSR count). The highest BCUT2D eigenvalue weighted by molar-refractivity contribution is 5.35. The molecule has 2 aromatic rings. The fraction of sp³-hybridized carbons (Fsp3) is 0.0769. The van der Waals surface area contributed by atoms with Gasteiger partial charge in [0, 0.05) is 11.1 Å². The van der Waals surface area contributed by atoms with Crippen molar-refractivity contribution < 1.29 is 17.6 Å². The quantitative estimate of drug-likeness (QED) is 0.511. The van der Waals surface area contributed by atoms with E-state index in [1.807, 2.05) is 5.43 Å². The Morgan fingerprint density at radius 3 is 1.32 bits per heavy atom. The summed E-state index contributed by atoms with van der Waals surface area (Å²) in [6.45, 7) is 0. The number of rotatable bonds is 3. The monoisotopic (exact) mass is 270 g/mol. The molecule has 0 aromatic heterocycles. The zero-order chi connectivity index (χ0) is 14.0. The topological polar surface area (TPSA) is 38.0 Å². The van der Waals surface area contributed by atoms with Gasteiger partial charge in [-0.1, -0.05) is 12.1 Å². The number of nitrogens with one attached hydrogen (secondary N) is 1. The molecular formula is C13H10F4N2. The van der Waals surface area contributed by atoms with Gasteiger partial charge < -0.3 is 0 Å². The van der Waals surface area contributed by atoms with Gasteiger partial charge in [0.2, 0.25) is 0 Å². The van der Waals surface area contributed by atoms with Gasteiger partial charge in [0.05, 0.1) is 6.04 Å². The second-order valence-corrected chi connectivity index (χ2v) is 3.87. The van der Waals surface area contributed by atoms with Crippen molar-refractivity contribution in [3.05, 3.63) is 70.8 Å². The Bertz CT molecular complexity index is 509. The maximum atomic E-state index is 13.7. The molecule has 100 valence electrons. The molecule has 0 aliphatic carbocycles. The van der Waals surface area contributed by atoms with E-state index in [2.05, 4.69) is 0 Å². The lowest BCUT2D eigenvalue weighted by Gasteiger charge is -2.19. The molecule has 3 N–H and O–H groups in total. The second-order valence-electron chi connectivity index (χ2n) is 3.87. The van der Waals surface area contributed by atoms with Crippen LogP contribution in [0.4, 0.5) is 17.6 Å². The predicted molar refractivity (Wildman–Crippen MR) is 61.9 cm³/mol. The third kappa shape index (κ3) is 2.45. The smallest absolute Gasteiger partial charge is 0.131 e. The van der Waals surface area contributed by atoms with E-state index in [9.17, 15) is 17.6 Å². The van der Waals surface area contributed by atoms with Crippen LogP contribution < -0.4 is 11.3 Å². The molecule has 2 aromatic carbocycles. The molecule has 0 radical (unpaired) electrons. The van der Waals surface area contributed by atoms with Crippen molar-refractivity contribution in [2.24, 2.45) is 5.84 Å². The Kier molecular flexibility index (Phi) is 3.82. The van der Waals surface area contributed by atoms with Crippen molar-refractivity contribution in [1.82, 2.24) is 5.43 Å².